The molecule has 2 rings (SSSR count). The molecule has 2 heterocycles. The minimum absolute atomic E-state index is 0.0537. The second-order valence-electron chi connectivity index (χ2n) is 4.29. The van der Waals surface area contributed by atoms with Gasteiger partial charge in [0.05, 0.1) is 10.6 Å². The summed E-state index contributed by atoms with van der Waals surface area (Å²) in [5.41, 5.74) is 0.0690. The molecule has 6 nitrogen and oxygen atoms in total. The molecule has 1 aliphatic heterocycles. The molecular formula is C12H15ClN2O4. The number of pyridine rings is 1. The molecule has 0 radical (unpaired) electrons. The molecule has 1 fully saturated rings. The first kappa shape index (κ1) is 14.0. The van der Waals surface area contributed by atoms with Gasteiger partial charge in [-0.3, -0.25) is 0 Å². The molecule has 1 aromatic heterocycles. The van der Waals surface area contributed by atoms with Crippen molar-refractivity contribution in [1.29, 1.82) is 0 Å². The van der Waals surface area contributed by atoms with Crippen molar-refractivity contribution in [3.05, 3.63) is 22.8 Å². The smallest absolute Gasteiger partial charge is 0.337 e. The summed E-state index contributed by atoms with van der Waals surface area (Å²) in [4.78, 5) is 16.9. The highest BCUT2D eigenvalue weighted by Gasteiger charge is 2.34. The van der Waals surface area contributed by atoms with Crippen LogP contribution in [0.2, 0.25) is 5.02 Å². The minimum Gasteiger partial charge on any atom is -0.478 e. The minimum atomic E-state index is -1.05. The van der Waals surface area contributed by atoms with E-state index < -0.39 is 5.97 Å². The van der Waals surface area contributed by atoms with Crippen molar-refractivity contribution in [1.82, 2.24) is 4.98 Å². The van der Waals surface area contributed by atoms with Gasteiger partial charge in [-0.15, -0.1) is 0 Å². The molecule has 0 spiro atoms. The van der Waals surface area contributed by atoms with Crippen LogP contribution in [-0.4, -0.2) is 55.6 Å². The fourth-order valence-corrected chi connectivity index (χ4v) is 2.44. The van der Waals surface area contributed by atoms with E-state index in [1.165, 1.54) is 12.3 Å². The van der Waals surface area contributed by atoms with Crippen LogP contribution in [0, 0.1) is 0 Å². The van der Waals surface area contributed by atoms with Gasteiger partial charge in [0, 0.05) is 33.5 Å². The van der Waals surface area contributed by atoms with E-state index >= 15 is 0 Å². The summed E-state index contributed by atoms with van der Waals surface area (Å²) in [5.74, 6) is -0.500. The normalized spacial score (nSPS) is 22.8. The monoisotopic (exact) mass is 286 g/mol. The Morgan fingerprint density at radius 2 is 2.00 bits per heavy atom. The third-order valence-corrected chi connectivity index (χ3v) is 3.47. The Morgan fingerprint density at radius 1 is 1.42 bits per heavy atom. The number of methoxy groups -OCH3 is 2. The molecule has 7 heteroatoms. The number of aromatic nitrogens is 1. The fourth-order valence-electron chi connectivity index (χ4n) is 2.15. The van der Waals surface area contributed by atoms with Crippen molar-refractivity contribution in [2.24, 2.45) is 0 Å². The Bertz CT molecular complexity index is 471. The lowest BCUT2D eigenvalue weighted by molar-refractivity contribution is -0.00461. The molecule has 0 aromatic carbocycles. The number of ether oxygens (including phenoxy) is 2. The van der Waals surface area contributed by atoms with Crippen molar-refractivity contribution < 1.29 is 19.4 Å². The highest BCUT2D eigenvalue weighted by Crippen LogP contribution is 2.28. The van der Waals surface area contributed by atoms with Crippen LogP contribution >= 0.6 is 11.6 Å². The number of hydrogen-bond acceptors (Lipinski definition) is 5. The number of rotatable bonds is 4. The lowest BCUT2D eigenvalue weighted by Gasteiger charge is -2.18. The number of nitrogens with zero attached hydrogens (tertiary/aromatic N) is 2. The van der Waals surface area contributed by atoms with Crippen LogP contribution in [0.25, 0.3) is 0 Å². The zero-order valence-electron chi connectivity index (χ0n) is 10.7. The second-order valence-corrected chi connectivity index (χ2v) is 4.70. The Morgan fingerprint density at radius 3 is 2.42 bits per heavy atom. The number of carboxylic acid groups (broad SMARTS) is 1. The molecule has 1 saturated heterocycles. The third kappa shape index (κ3) is 2.80. The largest absolute Gasteiger partial charge is 0.478 e. The molecule has 19 heavy (non-hydrogen) atoms. The highest BCUT2D eigenvalue weighted by atomic mass is 35.5. The molecule has 0 bridgehead atoms. The SMILES string of the molecule is COC1CN(c2ncc(C(=O)O)cc2Cl)CC1OC. The summed E-state index contributed by atoms with van der Waals surface area (Å²) in [6.07, 6.45) is 1.19. The first-order chi connectivity index (χ1) is 9.06. The molecule has 0 aliphatic carbocycles. The van der Waals surface area contributed by atoms with E-state index in [1.807, 2.05) is 4.90 Å². The van der Waals surface area contributed by atoms with Crippen LogP contribution in [0.5, 0.6) is 0 Å². The van der Waals surface area contributed by atoms with E-state index in [2.05, 4.69) is 4.98 Å². The van der Waals surface area contributed by atoms with Gasteiger partial charge in [-0.1, -0.05) is 11.6 Å². The topological polar surface area (TPSA) is 71.9 Å². The number of halogens is 1. The standard InChI is InChI=1S/C12H15ClN2O4/c1-18-9-5-15(6-10(9)19-2)11-8(13)3-7(4-14-11)12(16)17/h3-4,9-10H,5-6H2,1-2H3,(H,16,17). The third-order valence-electron chi connectivity index (χ3n) is 3.19. The number of anilines is 1. The Hall–Kier alpha value is -1.37. The molecule has 2 atom stereocenters. The maximum atomic E-state index is 10.8. The summed E-state index contributed by atoms with van der Waals surface area (Å²) < 4.78 is 10.7. The van der Waals surface area contributed by atoms with Crippen LogP contribution in [0.4, 0.5) is 5.82 Å². The van der Waals surface area contributed by atoms with Crippen LogP contribution < -0.4 is 4.90 Å². The van der Waals surface area contributed by atoms with Gasteiger partial charge < -0.3 is 19.5 Å². The Balaban J connectivity index is 2.21. The van der Waals surface area contributed by atoms with Crippen molar-refractivity contribution in [3.63, 3.8) is 0 Å². The molecule has 0 saturated carbocycles. The van der Waals surface area contributed by atoms with Crippen molar-refractivity contribution >= 4 is 23.4 Å². The molecule has 1 aliphatic rings. The molecular weight excluding hydrogens is 272 g/mol. The van der Waals surface area contributed by atoms with Crippen molar-refractivity contribution in [2.45, 2.75) is 12.2 Å². The van der Waals surface area contributed by atoms with E-state index in [-0.39, 0.29) is 17.8 Å². The van der Waals surface area contributed by atoms with E-state index in [0.29, 0.717) is 23.9 Å². The number of aromatic carboxylic acids is 1. The zero-order valence-corrected chi connectivity index (χ0v) is 11.4. The number of carboxylic acids is 1. The Kier molecular flexibility index (Phi) is 4.24. The molecule has 1 aromatic rings. The van der Waals surface area contributed by atoms with Gasteiger partial charge in [-0.05, 0) is 6.07 Å². The van der Waals surface area contributed by atoms with Crippen molar-refractivity contribution in [3.8, 4) is 0 Å². The van der Waals surface area contributed by atoms with Crippen LogP contribution in [0.1, 0.15) is 10.4 Å². The first-order valence-corrected chi connectivity index (χ1v) is 6.14. The van der Waals surface area contributed by atoms with E-state index in [0.717, 1.165) is 0 Å². The van der Waals surface area contributed by atoms with Crippen LogP contribution in [0.3, 0.4) is 0 Å². The lowest BCUT2D eigenvalue weighted by Crippen LogP contribution is -2.27. The average Bonchev–Trinajstić information content (AvgIpc) is 2.81. The predicted molar refractivity (Wildman–Crippen MR) is 70.0 cm³/mol. The van der Waals surface area contributed by atoms with Crippen LogP contribution in [0.15, 0.2) is 12.3 Å². The van der Waals surface area contributed by atoms with Crippen LogP contribution in [-0.2, 0) is 9.47 Å². The number of carbonyl (C=O) groups is 1. The first-order valence-electron chi connectivity index (χ1n) is 5.76. The Labute approximate surface area is 115 Å². The highest BCUT2D eigenvalue weighted by molar-refractivity contribution is 6.33. The summed E-state index contributed by atoms with van der Waals surface area (Å²) >= 11 is 6.09. The zero-order chi connectivity index (χ0) is 14.0. The van der Waals surface area contributed by atoms with Gasteiger partial charge in [-0.2, -0.15) is 0 Å². The molecule has 104 valence electrons. The lowest BCUT2D eigenvalue weighted by atomic mass is 10.3. The maximum absolute atomic E-state index is 10.8. The van der Waals surface area contributed by atoms with E-state index in [9.17, 15) is 4.79 Å². The van der Waals surface area contributed by atoms with E-state index in [4.69, 9.17) is 26.2 Å². The molecule has 0 amide bonds. The summed E-state index contributed by atoms with van der Waals surface area (Å²) in [7, 11) is 3.26. The summed E-state index contributed by atoms with van der Waals surface area (Å²) in [6, 6.07) is 1.40. The maximum Gasteiger partial charge on any atom is 0.337 e. The van der Waals surface area contributed by atoms with Gasteiger partial charge in [0.2, 0.25) is 0 Å². The quantitative estimate of drug-likeness (QED) is 0.899. The second kappa shape index (κ2) is 5.73. The van der Waals surface area contributed by atoms with Gasteiger partial charge in [-0.25, -0.2) is 9.78 Å². The molecule has 1 N–H and O–H groups in total. The molecule has 2 unspecified atom stereocenters. The fraction of sp³-hybridized carbons (Fsp3) is 0.500. The van der Waals surface area contributed by atoms with Gasteiger partial charge >= 0.3 is 5.97 Å². The van der Waals surface area contributed by atoms with Gasteiger partial charge in [0.15, 0.2) is 0 Å². The number of hydrogen-bond donors (Lipinski definition) is 1. The summed E-state index contributed by atoms with van der Waals surface area (Å²) in [5, 5.41) is 9.19. The predicted octanol–water partition coefficient (Wildman–Crippen LogP) is 1.28. The van der Waals surface area contributed by atoms with Crippen molar-refractivity contribution in [2.75, 3.05) is 32.2 Å². The van der Waals surface area contributed by atoms with Gasteiger partial charge in [0.25, 0.3) is 0 Å². The average molecular weight is 287 g/mol. The van der Waals surface area contributed by atoms with Gasteiger partial charge in [0.1, 0.15) is 18.0 Å². The summed E-state index contributed by atoms with van der Waals surface area (Å²) in [6.45, 7) is 1.21. The van der Waals surface area contributed by atoms with E-state index in [1.54, 1.807) is 14.2 Å².